The number of likely N-dealkylation sites (tertiary alicyclic amines) is 1. The molecule has 4 rings (SSSR count). The van der Waals surface area contributed by atoms with Crippen molar-refractivity contribution in [3.63, 3.8) is 0 Å². The van der Waals surface area contributed by atoms with Crippen molar-refractivity contribution in [1.82, 2.24) is 20.4 Å². The van der Waals surface area contributed by atoms with Gasteiger partial charge in [0.05, 0.1) is 0 Å². The van der Waals surface area contributed by atoms with Gasteiger partial charge in [0.25, 0.3) is 11.8 Å². The molecule has 1 saturated heterocycles. The first-order valence-corrected chi connectivity index (χ1v) is 12.3. The summed E-state index contributed by atoms with van der Waals surface area (Å²) in [5.41, 5.74) is 2.73. The quantitative estimate of drug-likeness (QED) is 0.521. The summed E-state index contributed by atoms with van der Waals surface area (Å²) < 4.78 is 13.0. The molecule has 1 aromatic heterocycles. The van der Waals surface area contributed by atoms with Gasteiger partial charge in [0, 0.05) is 31.2 Å². The number of aromatic nitrogens is 2. The standard InChI is InChI=1S/C25H26FN5O3S/c1-2-16-3-5-17(6-4-16)15-27-21(32)18-11-13-31(14-12-18)25(34)24-30-29-23(35-24)22(33)28-20-9-7-19(26)8-10-20/h3-10,18H,2,11-15H2,1H3,(H,27,32)(H,28,33). The van der Waals surface area contributed by atoms with Crippen LogP contribution in [0.25, 0.3) is 0 Å². The van der Waals surface area contributed by atoms with Crippen molar-refractivity contribution in [2.24, 2.45) is 5.92 Å². The molecule has 0 saturated carbocycles. The molecule has 2 N–H and O–H groups in total. The lowest BCUT2D eigenvalue weighted by Crippen LogP contribution is -2.42. The Hall–Kier alpha value is -3.66. The topological polar surface area (TPSA) is 104 Å². The maximum absolute atomic E-state index is 13.0. The number of anilines is 1. The van der Waals surface area contributed by atoms with E-state index in [1.54, 1.807) is 4.90 Å². The van der Waals surface area contributed by atoms with Gasteiger partial charge in [-0.3, -0.25) is 14.4 Å². The van der Waals surface area contributed by atoms with Gasteiger partial charge in [-0.2, -0.15) is 0 Å². The Morgan fingerprint density at radius 2 is 1.60 bits per heavy atom. The molecule has 0 bridgehead atoms. The van der Waals surface area contributed by atoms with Crippen LogP contribution in [0.5, 0.6) is 0 Å². The fourth-order valence-electron chi connectivity index (χ4n) is 3.83. The van der Waals surface area contributed by atoms with Gasteiger partial charge in [0.1, 0.15) is 5.82 Å². The zero-order chi connectivity index (χ0) is 24.8. The number of carbonyl (C=O) groups excluding carboxylic acids is 3. The van der Waals surface area contributed by atoms with Crippen LogP contribution in [-0.4, -0.2) is 45.9 Å². The molecule has 1 aliphatic rings. The third kappa shape index (κ3) is 6.27. The molecule has 0 spiro atoms. The molecule has 2 aromatic carbocycles. The number of piperidine rings is 1. The first-order chi connectivity index (χ1) is 16.9. The number of aryl methyl sites for hydroxylation is 1. The highest BCUT2D eigenvalue weighted by Gasteiger charge is 2.29. The van der Waals surface area contributed by atoms with Crippen LogP contribution in [0.1, 0.15) is 50.5 Å². The van der Waals surface area contributed by atoms with Gasteiger partial charge in [0.15, 0.2) is 0 Å². The van der Waals surface area contributed by atoms with E-state index in [9.17, 15) is 18.8 Å². The van der Waals surface area contributed by atoms with Gasteiger partial charge in [-0.1, -0.05) is 42.5 Å². The highest BCUT2D eigenvalue weighted by atomic mass is 32.1. The molecule has 1 fully saturated rings. The zero-order valence-corrected chi connectivity index (χ0v) is 20.1. The number of nitrogens with one attached hydrogen (secondary N) is 2. The molecule has 3 aromatic rings. The Balaban J connectivity index is 1.25. The summed E-state index contributed by atoms with van der Waals surface area (Å²) in [6.07, 6.45) is 2.09. The number of amides is 3. The number of nitrogens with zero attached hydrogens (tertiary/aromatic N) is 3. The Bertz CT molecular complexity index is 1190. The van der Waals surface area contributed by atoms with E-state index in [-0.39, 0.29) is 27.7 Å². The van der Waals surface area contributed by atoms with E-state index in [0.717, 1.165) is 23.3 Å². The summed E-state index contributed by atoms with van der Waals surface area (Å²) in [6.45, 7) is 3.44. The van der Waals surface area contributed by atoms with E-state index >= 15 is 0 Å². The number of hydrogen-bond donors (Lipinski definition) is 2. The maximum atomic E-state index is 13.0. The average molecular weight is 496 g/mol. The van der Waals surface area contributed by atoms with Crippen molar-refractivity contribution in [3.8, 4) is 0 Å². The van der Waals surface area contributed by atoms with Crippen molar-refractivity contribution in [2.45, 2.75) is 32.7 Å². The predicted octanol–water partition coefficient (Wildman–Crippen LogP) is 3.66. The van der Waals surface area contributed by atoms with Crippen molar-refractivity contribution >= 4 is 34.7 Å². The summed E-state index contributed by atoms with van der Waals surface area (Å²) in [5.74, 6) is -1.39. The lowest BCUT2D eigenvalue weighted by molar-refractivity contribution is -0.126. The molecule has 182 valence electrons. The van der Waals surface area contributed by atoms with E-state index in [4.69, 9.17) is 0 Å². The smallest absolute Gasteiger partial charge is 0.286 e. The summed E-state index contributed by atoms with van der Waals surface area (Å²) in [7, 11) is 0. The Morgan fingerprint density at radius 1 is 0.971 bits per heavy atom. The van der Waals surface area contributed by atoms with Crippen LogP contribution in [0, 0.1) is 11.7 Å². The van der Waals surface area contributed by atoms with E-state index in [2.05, 4.69) is 39.9 Å². The van der Waals surface area contributed by atoms with E-state index in [0.29, 0.717) is 38.2 Å². The van der Waals surface area contributed by atoms with Crippen LogP contribution in [-0.2, 0) is 17.8 Å². The lowest BCUT2D eigenvalue weighted by atomic mass is 9.95. The number of hydrogen-bond acceptors (Lipinski definition) is 6. The third-order valence-corrected chi connectivity index (χ3v) is 6.87. The monoisotopic (exact) mass is 495 g/mol. The predicted molar refractivity (Wildman–Crippen MR) is 131 cm³/mol. The number of halogens is 1. The second-order valence-electron chi connectivity index (χ2n) is 8.33. The Kier molecular flexibility index (Phi) is 7.81. The average Bonchev–Trinajstić information content (AvgIpc) is 3.39. The first-order valence-electron chi connectivity index (χ1n) is 11.5. The first kappa shape index (κ1) is 24.5. The molecule has 0 unspecified atom stereocenters. The molecule has 0 aliphatic carbocycles. The van der Waals surface area contributed by atoms with Gasteiger partial charge in [-0.05, 0) is 54.7 Å². The Morgan fingerprint density at radius 3 is 2.26 bits per heavy atom. The van der Waals surface area contributed by atoms with Crippen LogP contribution < -0.4 is 10.6 Å². The maximum Gasteiger partial charge on any atom is 0.286 e. The van der Waals surface area contributed by atoms with Gasteiger partial charge >= 0.3 is 0 Å². The minimum atomic E-state index is -0.520. The van der Waals surface area contributed by atoms with E-state index < -0.39 is 11.7 Å². The Labute approximate surface area is 206 Å². The van der Waals surface area contributed by atoms with Crippen LogP contribution in [0.15, 0.2) is 48.5 Å². The molecule has 0 radical (unpaired) electrons. The minimum absolute atomic E-state index is 0.00710. The van der Waals surface area contributed by atoms with Crippen LogP contribution >= 0.6 is 11.3 Å². The van der Waals surface area contributed by atoms with Crippen LogP contribution in [0.3, 0.4) is 0 Å². The van der Waals surface area contributed by atoms with E-state index in [1.165, 1.54) is 29.8 Å². The summed E-state index contributed by atoms with van der Waals surface area (Å²) >= 11 is 0.902. The van der Waals surface area contributed by atoms with Crippen LogP contribution in [0.4, 0.5) is 10.1 Å². The normalized spacial score (nSPS) is 13.9. The van der Waals surface area contributed by atoms with Crippen molar-refractivity contribution < 1.29 is 18.8 Å². The second kappa shape index (κ2) is 11.2. The number of benzene rings is 2. The largest absolute Gasteiger partial charge is 0.352 e. The fraction of sp³-hybridized carbons (Fsp3) is 0.320. The zero-order valence-electron chi connectivity index (χ0n) is 19.3. The SMILES string of the molecule is CCc1ccc(CNC(=O)C2CCN(C(=O)c3nnc(C(=O)Nc4ccc(F)cc4)s3)CC2)cc1. The van der Waals surface area contributed by atoms with E-state index in [1.807, 2.05) is 12.1 Å². The fourth-order valence-corrected chi connectivity index (χ4v) is 4.53. The van der Waals surface area contributed by atoms with Crippen molar-refractivity contribution in [3.05, 3.63) is 75.5 Å². The molecule has 1 aliphatic heterocycles. The summed E-state index contributed by atoms with van der Waals surface area (Å²) in [4.78, 5) is 39.4. The highest BCUT2D eigenvalue weighted by molar-refractivity contribution is 7.15. The number of rotatable bonds is 7. The van der Waals surface area contributed by atoms with Crippen LogP contribution in [0.2, 0.25) is 0 Å². The summed E-state index contributed by atoms with van der Waals surface area (Å²) in [6, 6.07) is 13.5. The van der Waals surface area contributed by atoms with Gasteiger partial charge in [0.2, 0.25) is 15.9 Å². The summed E-state index contributed by atoms with van der Waals surface area (Å²) in [5, 5.41) is 13.4. The van der Waals surface area contributed by atoms with Gasteiger partial charge in [-0.25, -0.2) is 4.39 Å². The molecule has 8 nitrogen and oxygen atoms in total. The molecule has 3 amide bonds. The molecule has 2 heterocycles. The highest BCUT2D eigenvalue weighted by Crippen LogP contribution is 2.21. The third-order valence-electron chi connectivity index (χ3n) is 5.96. The molecular weight excluding hydrogens is 469 g/mol. The van der Waals surface area contributed by atoms with Crippen molar-refractivity contribution in [1.29, 1.82) is 0 Å². The molecular formula is C25H26FN5O3S. The lowest BCUT2D eigenvalue weighted by Gasteiger charge is -2.30. The molecule has 0 atom stereocenters. The van der Waals surface area contributed by atoms with Gasteiger partial charge in [-0.15, -0.1) is 10.2 Å². The number of carbonyl (C=O) groups is 3. The molecule has 10 heteroatoms. The second-order valence-corrected chi connectivity index (χ2v) is 9.31. The van der Waals surface area contributed by atoms with Gasteiger partial charge < -0.3 is 15.5 Å². The minimum Gasteiger partial charge on any atom is -0.352 e. The van der Waals surface area contributed by atoms with Crippen molar-refractivity contribution in [2.75, 3.05) is 18.4 Å². The molecule has 35 heavy (non-hydrogen) atoms.